The topological polar surface area (TPSA) is 70.7 Å². The SMILES string of the molecule is O=C(CCl)NC(=O)NCCCN1CCOCC1. The minimum atomic E-state index is -0.489. The van der Waals surface area contributed by atoms with Gasteiger partial charge in [-0.25, -0.2) is 4.79 Å². The molecule has 1 heterocycles. The Morgan fingerprint density at radius 2 is 2.00 bits per heavy atom. The van der Waals surface area contributed by atoms with E-state index in [-0.39, 0.29) is 5.88 Å². The van der Waals surface area contributed by atoms with E-state index >= 15 is 0 Å². The number of halogens is 1. The summed E-state index contributed by atoms with van der Waals surface area (Å²) in [4.78, 5) is 24.2. The van der Waals surface area contributed by atoms with Crippen molar-refractivity contribution in [2.75, 3.05) is 45.3 Å². The average Bonchev–Trinajstić information content (AvgIpc) is 2.36. The van der Waals surface area contributed by atoms with E-state index in [0.29, 0.717) is 6.54 Å². The van der Waals surface area contributed by atoms with E-state index < -0.39 is 11.9 Å². The lowest BCUT2D eigenvalue weighted by Gasteiger charge is -2.26. The Morgan fingerprint density at radius 1 is 1.29 bits per heavy atom. The second-order valence-corrected chi connectivity index (χ2v) is 4.01. The molecule has 0 unspecified atom stereocenters. The standard InChI is InChI=1S/C10H18ClN3O3/c11-8-9(15)13-10(16)12-2-1-3-14-4-6-17-7-5-14/h1-8H2,(H2,12,13,15,16). The van der Waals surface area contributed by atoms with Gasteiger partial charge in [-0.3, -0.25) is 15.0 Å². The minimum absolute atomic E-state index is 0.207. The zero-order valence-electron chi connectivity index (χ0n) is 9.71. The molecule has 1 saturated heterocycles. The Balaban J connectivity index is 1.99. The van der Waals surface area contributed by atoms with Gasteiger partial charge in [0.25, 0.3) is 0 Å². The lowest BCUT2D eigenvalue weighted by molar-refractivity contribution is -0.117. The fourth-order valence-corrected chi connectivity index (χ4v) is 1.60. The van der Waals surface area contributed by atoms with Crippen LogP contribution in [0.2, 0.25) is 0 Å². The van der Waals surface area contributed by atoms with Crippen molar-refractivity contribution >= 4 is 23.5 Å². The third-order valence-electron chi connectivity index (χ3n) is 2.41. The van der Waals surface area contributed by atoms with Crippen LogP contribution in [0.1, 0.15) is 6.42 Å². The lowest BCUT2D eigenvalue weighted by atomic mass is 10.3. The summed E-state index contributed by atoms with van der Waals surface area (Å²) in [7, 11) is 0. The number of rotatable bonds is 5. The highest BCUT2D eigenvalue weighted by atomic mass is 35.5. The number of alkyl halides is 1. The van der Waals surface area contributed by atoms with Gasteiger partial charge in [0.05, 0.1) is 13.2 Å². The van der Waals surface area contributed by atoms with Crippen molar-refractivity contribution in [1.29, 1.82) is 0 Å². The Kier molecular flexibility index (Phi) is 6.91. The molecule has 17 heavy (non-hydrogen) atoms. The average molecular weight is 264 g/mol. The molecule has 6 nitrogen and oxygen atoms in total. The maximum absolute atomic E-state index is 11.1. The number of carbonyl (C=O) groups excluding carboxylic acids is 2. The Bertz CT molecular complexity index is 257. The van der Waals surface area contributed by atoms with Crippen LogP contribution in [0, 0.1) is 0 Å². The first-order valence-electron chi connectivity index (χ1n) is 5.66. The van der Waals surface area contributed by atoms with E-state index in [1.165, 1.54) is 0 Å². The van der Waals surface area contributed by atoms with Gasteiger partial charge in [-0.1, -0.05) is 0 Å². The highest BCUT2D eigenvalue weighted by Crippen LogP contribution is 1.97. The van der Waals surface area contributed by atoms with Crippen LogP contribution in [0.4, 0.5) is 4.79 Å². The Morgan fingerprint density at radius 3 is 2.65 bits per heavy atom. The maximum Gasteiger partial charge on any atom is 0.321 e. The van der Waals surface area contributed by atoms with Gasteiger partial charge < -0.3 is 10.1 Å². The van der Waals surface area contributed by atoms with Gasteiger partial charge in [-0.2, -0.15) is 0 Å². The quantitative estimate of drug-likeness (QED) is 0.531. The number of ether oxygens (including phenoxy) is 1. The summed E-state index contributed by atoms with van der Waals surface area (Å²) in [6.45, 7) is 4.90. The third-order valence-corrected chi connectivity index (χ3v) is 2.66. The van der Waals surface area contributed by atoms with Gasteiger partial charge in [0.1, 0.15) is 5.88 Å². The summed E-state index contributed by atoms with van der Waals surface area (Å²) in [5, 5.41) is 4.71. The van der Waals surface area contributed by atoms with Crippen LogP contribution < -0.4 is 10.6 Å². The van der Waals surface area contributed by atoms with Crippen LogP contribution in [0.5, 0.6) is 0 Å². The van der Waals surface area contributed by atoms with Crippen molar-refractivity contribution in [3.8, 4) is 0 Å². The van der Waals surface area contributed by atoms with E-state index in [2.05, 4.69) is 15.5 Å². The molecule has 0 atom stereocenters. The molecule has 98 valence electrons. The van der Waals surface area contributed by atoms with Crippen LogP contribution >= 0.6 is 11.6 Å². The molecule has 0 aliphatic carbocycles. The van der Waals surface area contributed by atoms with Crippen molar-refractivity contribution in [3.05, 3.63) is 0 Å². The van der Waals surface area contributed by atoms with Crippen LogP contribution in [0.25, 0.3) is 0 Å². The molecule has 7 heteroatoms. The van der Waals surface area contributed by atoms with Crippen LogP contribution in [0.3, 0.4) is 0 Å². The van der Waals surface area contributed by atoms with Crippen LogP contribution in [-0.4, -0.2) is 62.1 Å². The third kappa shape index (κ3) is 6.45. The molecule has 2 N–H and O–H groups in total. The second kappa shape index (κ2) is 8.27. The molecule has 1 aliphatic heterocycles. The zero-order valence-corrected chi connectivity index (χ0v) is 10.5. The summed E-state index contributed by atoms with van der Waals surface area (Å²) in [6.07, 6.45) is 0.850. The first-order valence-corrected chi connectivity index (χ1v) is 6.19. The molecule has 0 aromatic rings. The van der Waals surface area contributed by atoms with E-state index in [1.54, 1.807) is 0 Å². The van der Waals surface area contributed by atoms with Gasteiger partial charge in [0.15, 0.2) is 0 Å². The summed E-state index contributed by atoms with van der Waals surface area (Å²) in [5.41, 5.74) is 0. The van der Waals surface area contributed by atoms with Gasteiger partial charge in [0, 0.05) is 19.6 Å². The van der Waals surface area contributed by atoms with Crippen molar-refractivity contribution in [1.82, 2.24) is 15.5 Å². The predicted octanol–water partition coefficient (Wildman–Crippen LogP) is -0.227. The number of urea groups is 1. The molecule has 0 bridgehead atoms. The van der Waals surface area contributed by atoms with E-state index in [0.717, 1.165) is 39.3 Å². The first kappa shape index (κ1) is 14.2. The first-order chi connectivity index (χ1) is 8.22. The van der Waals surface area contributed by atoms with Gasteiger partial charge in [-0.15, -0.1) is 11.6 Å². The summed E-state index contributed by atoms with van der Waals surface area (Å²) < 4.78 is 5.23. The number of nitrogens with zero attached hydrogens (tertiary/aromatic N) is 1. The molecular weight excluding hydrogens is 246 g/mol. The number of morpholine rings is 1. The van der Waals surface area contributed by atoms with E-state index in [4.69, 9.17) is 16.3 Å². The van der Waals surface area contributed by atoms with Gasteiger partial charge >= 0.3 is 6.03 Å². The summed E-state index contributed by atoms with van der Waals surface area (Å²) in [5.74, 6) is -0.696. The number of amides is 3. The molecule has 0 aromatic carbocycles. The second-order valence-electron chi connectivity index (χ2n) is 3.75. The lowest BCUT2D eigenvalue weighted by Crippen LogP contribution is -2.42. The maximum atomic E-state index is 11.1. The largest absolute Gasteiger partial charge is 0.379 e. The van der Waals surface area contributed by atoms with Gasteiger partial charge in [0.2, 0.25) is 5.91 Å². The van der Waals surface area contributed by atoms with Crippen molar-refractivity contribution in [2.24, 2.45) is 0 Å². The normalized spacial score (nSPS) is 16.5. The molecule has 1 rings (SSSR count). The molecule has 0 spiro atoms. The Hall–Kier alpha value is -0.850. The Labute approximate surface area is 106 Å². The van der Waals surface area contributed by atoms with Crippen molar-refractivity contribution in [2.45, 2.75) is 6.42 Å². The minimum Gasteiger partial charge on any atom is -0.379 e. The van der Waals surface area contributed by atoms with Gasteiger partial charge in [-0.05, 0) is 13.0 Å². The molecule has 1 fully saturated rings. The molecule has 3 amide bonds. The van der Waals surface area contributed by atoms with Crippen molar-refractivity contribution in [3.63, 3.8) is 0 Å². The number of carbonyl (C=O) groups is 2. The highest BCUT2D eigenvalue weighted by Gasteiger charge is 2.10. The molecule has 0 aromatic heterocycles. The summed E-state index contributed by atoms with van der Waals surface area (Å²) >= 11 is 5.25. The monoisotopic (exact) mass is 263 g/mol. The predicted molar refractivity (Wildman–Crippen MR) is 64.1 cm³/mol. The van der Waals surface area contributed by atoms with Crippen molar-refractivity contribution < 1.29 is 14.3 Å². The fourth-order valence-electron chi connectivity index (χ4n) is 1.53. The van der Waals surface area contributed by atoms with Crippen LogP contribution in [-0.2, 0) is 9.53 Å². The smallest absolute Gasteiger partial charge is 0.321 e. The molecule has 0 saturated carbocycles. The van der Waals surface area contributed by atoms with Crippen LogP contribution in [0.15, 0.2) is 0 Å². The molecular formula is C10H18ClN3O3. The fraction of sp³-hybridized carbons (Fsp3) is 0.800. The molecule has 1 aliphatic rings. The number of nitrogens with one attached hydrogen (secondary N) is 2. The molecule has 0 radical (unpaired) electrons. The number of hydrogen-bond donors (Lipinski definition) is 2. The summed E-state index contributed by atoms with van der Waals surface area (Å²) in [6, 6.07) is -0.488. The van der Waals surface area contributed by atoms with E-state index in [1.807, 2.05) is 0 Å². The highest BCUT2D eigenvalue weighted by molar-refractivity contribution is 6.28. The number of hydrogen-bond acceptors (Lipinski definition) is 4. The zero-order chi connectivity index (χ0) is 12.5. The van der Waals surface area contributed by atoms with E-state index in [9.17, 15) is 9.59 Å². The number of imide groups is 1.